The Hall–Kier alpha value is -1.50. The summed E-state index contributed by atoms with van der Waals surface area (Å²) in [5.41, 5.74) is 0.416. The molecule has 0 aliphatic carbocycles. The maximum atomic E-state index is 12.1. The summed E-state index contributed by atoms with van der Waals surface area (Å²) >= 11 is 0. The van der Waals surface area contributed by atoms with E-state index in [0.29, 0.717) is 12.2 Å². The van der Waals surface area contributed by atoms with Crippen molar-refractivity contribution >= 4 is 5.97 Å². The molecule has 2 aliphatic heterocycles. The summed E-state index contributed by atoms with van der Waals surface area (Å²) in [5, 5.41) is 0. The van der Waals surface area contributed by atoms with Gasteiger partial charge in [-0.25, -0.2) is 4.79 Å². The molecule has 0 amide bonds. The molecule has 1 spiro atoms. The number of likely N-dealkylation sites (tertiary alicyclic amines) is 1. The summed E-state index contributed by atoms with van der Waals surface area (Å²) < 4.78 is 17.7. The molecule has 6 nitrogen and oxygen atoms in total. The molecule has 2 aliphatic rings. The summed E-state index contributed by atoms with van der Waals surface area (Å²) in [6, 6.07) is 3.27. The molecule has 6 heteroatoms. The zero-order chi connectivity index (χ0) is 18.3. The van der Waals surface area contributed by atoms with Crippen LogP contribution in [-0.4, -0.2) is 59.1 Å². The van der Waals surface area contributed by atoms with Crippen LogP contribution in [0.1, 0.15) is 50.9 Å². The number of aromatic nitrogens is 1. The highest BCUT2D eigenvalue weighted by Crippen LogP contribution is 2.47. The highest BCUT2D eigenvalue weighted by molar-refractivity contribution is 5.89. The second-order valence-corrected chi connectivity index (χ2v) is 8.33. The summed E-state index contributed by atoms with van der Waals surface area (Å²) in [5.74, 6) is -0.969. The van der Waals surface area contributed by atoms with Gasteiger partial charge in [0.1, 0.15) is 12.7 Å². The Labute approximate surface area is 149 Å². The van der Waals surface area contributed by atoms with Crippen molar-refractivity contribution in [2.75, 3.05) is 20.3 Å². The second-order valence-electron chi connectivity index (χ2n) is 8.33. The Morgan fingerprint density at radius 1 is 1.24 bits per heavy atom. The fourth-order valence-electron chi connectivity index (χ4n) is 4.06. The number of esters is 1. The van der Waals surface area contributed by atoms with Gasteiger partial charge in [-0.05, 0) is 46.9 Å². The SMILES string of the molecule is CN1C(C)(C)CC2(CC1(C)C)OCC(COC(=O)c1ccncc1)O2. The van der Waals surface area contributed by atoms with E-state index in [0.717, 1.165) is 12.8 Å². The quantitative estimate of drug-likeness (QED) is 0.783. The van der Waals surface area contributed by atoms with Gasteiger partial charge < -0.3 is 14.2 Å². The number of pyridine rings is 1. The molecule has 0 N–H and O–H groups in total. The first-order chi connectivity index (χ1) is 11.6. The van der Waals surface area contributed by atoms with Crippen LogP contribution < -0.4 is 0 Å². The number of nitrogens with zero attached hydrogens (tertiary/aromatic N) is 2. The van der Waals surface area contributed by atoms with Gasteiger partial charge >= 0.3 is 5.97 Å². The van der Waals surface area contributed by atoms with Crippen molar-refractivity contribution in [2.24, 2.45) is 0 Å². The van der Waals surface area contributed by atoms with Crippen LogP contribution in [0.5, 0.6) is 0 Å². The third kappa shape index (κ3) is 3.71. The third-order valence-electron chi connectivity index (χ3n) is 5.45. The molecule has 2 fully saturated rings. The Morgan fingerprint density at radius 3 is 2.44 bits per heavy atom. The molecular formula is C19H28N2O4. The average Bonchev–Trinajstić information content (AvgIpc) is 2.92. The van der Waals surface area contributed by atoms with Crippen molar-refractivity contribution in [2.45, 2.75) is 63.5 Å². The number of ether oxygens (including phenoxy) is 3. The lowest BCUT2D eigenvalue weighted by molar-refractivity contribution is -0.243. The highest BCUT2D eigenvalue weighted by atomic mass is 16.8. The van der Waals surface area contributed by atoms with E-state index in [-0.39, 0.29) is 29.8 Å². The zero-order valence-electron chi connectivity index (χ0n) is 15.7. The monoisotopic (exact) mass is 348 g/mol. The van der Waals surface area contributed by atoms with Gasteiger partial charge in [-0.1, -0.05) is 0 Å². The molecule has 138 valence electrons. The maximum absolute atomic E-state index is 12.1. The van der Waals surface area contributed by atoms with Gasteiger partial charge in [0.2, 0.25) is 0 Å². The standard InChI is InChI=1S/C19H28N2O4/c1-17(2)12-19(13-18(3,4)21(17)5)24-11-15(25-19)10-23-16(22)14-6-8-20-9-7-14/h6-9,15H,10-13H2,1-5H3. The molecule has 25 heavy (non-hydrogen) atoms. The Morgan fingerprint density at radius 2 is 1.84 bits per heavy atom. The van der Waals surface area contributed by atoms with Crippen LogP contribution in [0.4, 0.5) is 0 Å². The van der Waals surface area contributed by atoms with E-state index in [1.54, 1.807) is 24.5 Å². The van der Waals surface area contributed by atoms with Gasteiger partial charge in [0, 0.05) is 36.3 Å². The van der Waals surface area contributed by atoms with Crippen LogP contribution in [-0.2, 0) is 14.2 Å². The van der Waals surface area contributed by atoms with Gasteiger partial charge in [0.05, 0.1) is 12.2 Å². The average molecular weight is 348 g/mol. The van der Waals surface area contributed by atoms with Crippen LogP contribution in [0.2, 0.25) is 0 Å². The smallest absolute Gasteiger partial charge is 0.338 e. The normalized spacial score (nSPS) is 27.3. The molecule has 0 radical (unpaired) electrons. The number of rotatable bonds is 3. The molecule has 1 unspecified atom stereocenters. The molecule has 2 saturated heterocycles. The summed E-state index contributed by atoms with van der Waals surface area (Å²) in [6.45, 7) is 9.47. The predicted octanol–water partition coefficient (Wildman–Crippen LogP) is 2.63. The molecule has 0 saturated carbocycles. The van der Waals surface area contributed by atoms with E-state index in [1.165, 1.54) is 0 Å². The molecular weight excluding hydrogens is 320 g/mol. The lowest BCUT2D eigenvalue weighted by Gasteiger charge is -2.56. The molecule has 3 rings (SSSR count). The summed E-state index contributed by atoms with van der Waals surface area (Å²) in [4.78, 5) is 18.3. The van der Waals surface area contributed by atoms with E-state index in [2.05, 4.69) is 44.6 Å². The molecule has 0 aromatic carbocycles. The van der Waals surface area contributed by atoms with Crippen molar-refractivity contribution < 1.29 is 19.0 Å². The van der Waals surface area contributed by atoms with Gasteiger partial charge in [-0.3, -0.25) is 9.88 Å². The first-order valence-electron chi connectivity index (χ1n) is 8.77. The van der Waals surface area contributed by atoms with Crippen molar-refractivity contribution in [3.05, 3.63) is 30.1 Å². The van der Waals surface area contributed by atoms with Crippen LogP contribution in [0.25, 0.3) is 0 Å². The fraction of sp³-hybridized carbons (Fsp3) is 0.684. The minimum Gasteiger partial charge on any atom is -0.459 e. The van der Waals surface area contributed by atoms with Gasteiger partial charge in [0.15, 0.2) is 5.79 Å². The maximum Gasteiger partial charge on any atom is 0.338 e. The molecule has 0 bridgehead atoms. The topological polar surface area (TPSA) is 60.9 Å². The van der Waals surface area contributed by atoms with E-state index in [1.807, 2.05) is 0 Å². The number of piperidine rings is 1. The molecule has 1 atom stereocenters. The molecule has 3 heterocycles. The van der Waals surface area contributed by atoms with Crippen molar-refractivity contribution in [3.8, 4) is 0 Å². The Kier molecular flexibility index (Phi) is 4.64. The van der Waals surface area contributed by atoms with Crippen molar-refractivity contribution in [1.82, 2.24) is 9.88 Å². The predicted molar refractivity (Wildman–Crippen MR) is 93.2 cm³/mol. The number of carbonyl (C=O) groups excluding carboxylic acids is 1. The first-order valence-corrected chi connectivity index (χ1v) is 8.77. The fourth-order valence-corrected chi connectivity index (χ4v) is 4.06. The van der Waals surface area contributed by atoms with Gasteiger partial charge in [0.25, 0.3) is 0 Å². The lowest BCUT2D eigenvalue weighted by Crippen LogP contribution is -2.64. The summed E-state index contributed by atoms with van der Waals surface area (Å²) in [6.07, 6.45) is 4.48. The van der Waals surface area contributed by atoms with Gasteiger partial charge in [-0.2, -0.15) is 0 Å². The minimum absolute atomic E-state index is 0.0373. The van der Waals surface area contributed by atoms with E-state index < -0.39 is 5.79 Å². The Bertz CT molecular complexity index is 612. The van der Waals surface area contributed by atoms with Crippen LogP contribution in [0.3, 0.4) is 0 Å². The highest BCUT2D eigenvalue weighted by Gasteiger charge is 2.55. The van der Waals surface area contributed by atoms with E-state index in [9.17, 15) is 4.79 Å². The minimum atomic E-state index is -0.604. The first kappa shape index (κ1) is 18.3. The molecule has 1 aromatic rings. The van der Waals surface area contributed by atoms with Crippen molar-refractivity contribution in [1.29, 1.82) is 0 Å². The number of hydrogen-bond acceptors (Lipinski definition) is 6. The second kappa shape index (κ2) is 6.34. The zero-order valence-corrected chi connectivity index (χ0v) is 15.7. The number of carbonyl (C=O) groups is 1. The summed E-state index contributed by atoms with van der Waals surface area (Å²) in [7, 11) is 2.15. The number of hydrogen-bond donors (Lipinski definition) is 0. The Balaban J connectivity index is 1.61. The molecule has 1 aromatic heterocycles. The van der Waals surface area contributed by atoms with Crippen LogP contribution >= 0.6 is 0 Å². The van der Waals surface area contributed by atoms with E-state index in [4.69, 9.17) is 14.2 Å². The lowest BCUT2D eigenvalue weighted by atomic mass is 9.76. The third-order valence-corrected chi connectivity index (χ3v) is 5.45. The van der Waals surface area contributed by atoms with Crippen LogP contribution in [0, 0.1) is 0 Å². The van der Waals surface area contributed by atoms with E-state index >= 15 is 0 Å². The largest absolute Gasteiger partial charge is 0.459 e. The van der Waals surface area contributed by atoms with Gasteiger partial charge in [-0.15, -0.1) is 0 Å². The van der Waals surface area contributed by atoms with Crippen LogP contribution in [0.15, 0.2) is 24.5 Å². The van der Waals surface area contributed by atoms with Crippen molar-refractivity contribution in [3.63, 3.8) is 0 Å².